The molecule has 0 aliphatic heterocycles. The van der Waals surface area contributed by atoms with Crippen molar-refractivity contribution < 1.29 is 9.13 Å². The molecule has 0 amide bonds. The lowest BCUT2D eigenvalue weighted by atomic mass is 9.98. The van der Waals surface area contributed by atoms with Crippen molar-refractivity contribution in [1.82, 2.24) is 9.78 Å². The Morgan fingerprint density at radius 2 is 2.00 bits per heavy atom. The fourth-order valence-electron chi connectivity index (χ4n) is 2.09. The van der Waals surface area contributed by atoms with Crippen molar-refractivity contribution in [2.75, 3.05) is 12.8 Å². The summed E-state index contributed by atoms with van der Waals surface area (Å²) in [5.74, 6) is 0.836. The van der Waals surface area contributed by atoms with Gasteiger partial charge in [0.25, 0.3) is 0 Å². The lowest BCUT2D eigenvalue weighted by Gasteiger charge is -2.14. The zero-order valence-corrected chi connectivity index (χ0v) is 11.6. The van der Waals surface area contributed by atoms with Crippen LogP contribution in [0.1, 0.15) is 25.3 Å². The highest BCUT2D eigenvalue weighted by molar-refractivity contribution is 5.65. The van der Waals surface area contributed by atoms with Crippen LogP contribution in [-0.2, 0) is 7.05 Å². The number of hydrogen-bond donors (Lipinski definition) is 1. The Balaban J connectivity index is 2.57. The van der Waals surface area contributed by atoms with Crippen molar-refractivity contribution in [3.63, 3.8) is 0 Å². The maximum absolute atomic E-state index is 14.2. The quantitative estimate of drug-likeness (QED) is 0.926. The normalized spacial score (nSPS) is 11.1. The van der Waals surface area contributed by atoms with Gasteiger partial charge in [0.1, 0.15) is 17.4 Å². The predicted octanol–water partition coefficient (Wildman–Crippen LogP) is 2.94. The monoisotopic (exact) mass is 263 g/mol. The Morgan fingerprint density at radius 3 is 2.47 bits per heavy atom. The van der Waals surface area contributed by atoms with Crippen molar-refractivity contribution in [2.45, 2.75) is 19.8 Å². The second-order valence-electron chi connectivity index (χ2n) is 4.81. The highest BCUT2D eigenvalue weighted by Gasteiger charge is 2.17. The topological polar surface area (TPSA) is 53.1 Å². The molecule has 0 saturated carbocycles. The van der Waals surface area contributed by atoms with E-state index in [1.165, 1.54) is 13.2 Å². The molecule has 1 aromatic heterocycles. The Bertz CT molecular complexity index is 585. The summed E-state index contributed by atoms with van der Waals surface area (Å²) in [4.78, 5) is 0. The molecule has 0 saturated heterocycles. The lowest BCUT2D eigenvalue weighted by Crippen LogP contribution is -2.00. The number of halogens is 1. The van der Waals surface area contributed by atoms with E-state index in [0.29, 0.717) is 28.4 Å². The number of ether oxygens (including phenoxy) is 1. The molecule has 5 heteroatoms. The molecule has 4 nitrogen and oxygen atoms in total. The van der Waals surface area contributed by atoms with E-state index < -0.39 is 0 Å². The van der Waals surface area contributed by atoms with E-state index in [9.17, 15) is 4.39 Å². The average molecular weight is 263 g/mol. The van der Waals surface area contributed by atoms with E-state index in [2.05, 4.69) is 5.10 Å². The van der Waals surface area contributed by atoms with Gasteiger partial charge in [-0.25, -0.2) is 4.39 Å². The molecule has 102 valence electrons. The minimum Gasteiger partial charge on any atom is -0.496 e. The lowest BCUT2D eigenvalue weighted by molar-refractivity contribution is 0.402. The molecule has 0 aliphatic carbocycles. The van der Waals surface area contributed by atoms with Crippen LogP contribution in [0.15, 0.2) is 18.2 Å². The minimum absolute atomic E-state index is 0.0535. The first kappa shape index (κ1) is 13.4. The summed E-state index contributed by atoms with van der Waals surface area (Å²) in [7, 11) is 3.28. The van der Waals surface area contributed by atoms with Crippen LogP contribution in [0.3, 0.4) is 0 Å². The van der Waals surface area contributed by atoms with Crippen LogP contribution < -0.4 is 10.5 Å². The molecule has 2 rings (SSSR count). The number of aryl methyl sites for hydroxylation is 1. The molecule has 0 unspecified atom stereocenters. The largest absolute Gasteiger partial charge is 0.496 e. The van der Waals surface area contributed by atoms with Gasteiger partial charge >= 0.3 is 0 Å². The van der Waals surface area contributed by atoms with E-state index >= 15 is 0 Å². The van der Waals surface area contributed by atoms with Gasteiger partial charge in [0.2, 0.25) is 0 Å². The number of rotatable bonds is 3. The van der Waals surface area contributed by atoms with Gasteiger partial charge in [-0.15, -0.1) is 0 Å². The molecular formula is C14H18FN3O. The predicted molar refractivity (Wildman–Crippen MR) is 73.7 cm³/mol. The van der Waals surface area contributed by atoms with Gasteiger partial charge in [-0.3, -0.25) is 4.68 Å². The second-order valence-corrected chi connectivity index (χ2v) is 4.81. The van der Waals surface area contributed by atoms with Gasteiger partial charge in [-0.05, 0) is 18.1 Å². The van der Waals surface area contributed by atoms with Gasteiger partial charge < -0.3 is 10.5 Å². The molecular weight excluding hydrogens is 245 g/mol. The summed E-state index contributed by atoms with van der Waals surface area (Å²) in [5, 5.41) is 4.24. The van der Waals surface area contributed by atoms with Crippen molar-refractivity contribution in [3.05, 3.63) is 29.6 Å². The molecule has 0 bridgehead atoms. The highest BCUT2D eigenvalue weighted by atomic mass is 19.1. The van der Waals surface area contributed by atoms with E-state index in [4.69, 9.17) is 10.5 Å². The molecule has 1 heterocycles. The van der Waals surface area contributed by atoms with Crippen LogP contribution in [0.5, 0.6) is 5.75 Å². The first-order valence-electron chi connectivity index (χ1n) is 6.11. The molecule has 19 heavy (non-hydrogen) atoms. The Labute approximate surface area is 112 Å². The van der Waals surface area contributed by atoms with Gasteiger partial charge in [0.15, 0.2) is 0 Å². The summed E-state index contributed by atoms with van der Waals surface area (Å²) < 4.78 is 21.0. The number of benzene rings is 1. The first-order valence-corrected chi connectivity index (χ1v) is 6.11. The third kappa shape index (κ3) is 2.41. The third-order valence-electron chi connectivity index (χ3n) is 3.10. The van der Waals surface area contributed by atoms with Gasteiger partial charge in [-0.1, -0.05) is 13.8 Å². The van der Waals surface area contributed by atoms with Crippen molar-refractivity contribution >= 4 is 5.82 Å². The first-order chi connectivity index (χ1) is 8.93. The molecule has 0 aliphatic rings. The fraction of sp³-hybridized carbons (Fsp3) is 0.357. The molecule has 0 fully saturated rings. The molecule has 0 spiro atoms. The number of nitrogens with two attached hydrogens (primary N) is 1. The van der Waals surface area contributed by atoms with Crippen molar-refractivity contribution in [2.24, 2.45) is 7.05 Å². The number of aromatic nitrogens is 2. The Morgan fingerprint density at radius 1 is 1.32 bits per heavy atom. The summed E-state index contributed by atoms with van der Waals surface area (Å²) in [5.41, 5.74) is 7.61. The number of nitrogens with zero attached hydrogens (tertiary/aromatic N) is 2. The zero-order chi connectivity index (χ0) is 14.2. The van der Waals surface area contributed by atoms with E-state index in [0.717, 1.165) is 0 Å². The van der Waals surface area contributed by atoms with Crippen molar-refractivity contribution in [1.29, 1.82) is 0 Å². The number of methoxy groups -OCH3 is 1. The smallest absolute Gasteiger partial charge is 0.131 e. The van der Waals surface area contributed by atoms with Gasteiger partial charge in [0, 0.05) is 24.2 Å². The number of nitrogen functional groups attached to an aromatic ring is 1. The fourth-order valence-corrected chi connectivity index (χ4v) is 2.09. The second kappa shape index (κ2) is 4.91. The van der Waals surface area contributed by atoms with E-state index in [1.54, 1.807) is 23.9 Å². The highest BCUT2D eigenvalue weighted by Crippen LogP contribution is 2.34. The third-order valence-corrected chi connectivity index (χ3v) is 3.10. The van der Waals surface area contributed by atoms with Crippen LogP contribution in [0, 0.1) is 5.82 Å². The maximum atomic E-state index is 14.2. The van der Waals surface area contributed by atoms with Crippen LogP contribution >= 0.6 is 0 Å². The molecule has 0 atom stereocenters. The molecule has 1 aromatic carbocycles. The van der Waals surface area contributed by atoms with Crippen LogP contribution in [-0.4, -0.2) is 16.9 Å². The summed E-state index contributed by atoms with van der Waals surface area (Å²) >= 11 is 0. The van der Waals surface area contributed by atoms with Crippen LogP contribution in [0.2, 0.25) is 0 Å². The molecule has 2 aromatic rings. The SMILES string of the molecule is COc1cc(-c2cc(N)n(C)n2)cc(F)c1C(C)C. The minimum atomic E-state index is -0.284. The Hall–Kier alpha value is -2.04. The summed E-state index contributed by atoms with van der Waals surface area (Å²) in [6.07, 6.45) is 0. The maximum Gasteiger partial charge on any atom is 0.131 e. The average Bonchev–Trinajstić information content (AvgIpc) is 2.68. The van der Waals surface area contributed by atoms with Crippen molar-refractivity contribution in [3.8, 4) is 17.0 Å². The van der Waals surface area contributed by atoms with Gasteiger partial charge in [-0.2, -0.15) is 5.10 Å². The zero-order valence-electron chi connectivity index (χ0n) is 11.6. The number of hydrogen-bond acceptors (Lipinski definition) is 3. The summed E-state index contributed by atoms with van der Waals surface area (Å²) in [6.45, 7) is 3.86. The van der Waals surface area contributed by atoms with Crippen LogP contribution in [0.4, 0.5) is 10.2 Å². The Kier molecular flexibility index (Phi) is 3.46. The van der Waals surface area contributed by atoms with Crippen LogP contribution in [0.25, 0.3) is 11.3 Å². The van der Waals surface area contributed by atoms with E-state index in [-0.39, 0.29) is 11.7 Å². The molecule has 2 N–H and O–H groups in total. The van der Waals surface area contributed by atoms with E-state index in [1.807, 2.05) is 13.8 Å². The number of anilines is 1. The summed E-state index contributed by atoms with van der Waals surface area (Å²) in [6, 6.07) is 4.98. The van der Waals surface area contributed by atoms with Gasteiger partial charge in [0.05, 0.1) is 12.8 Å². The molecule has 0 radical (unpaired) electrons. The standard InChI is InChI=1S/C14H18FN3O/c1-8(2)14-10(15)5-9(6-12(14)19-4)11-7-13(16)18(3)17-11/h5-8H,16H2,1-4H3.